The Kier molecular flexibility index (Phi) is 5.92. The number of amidine groups is 1. The molecule has 0 aliphatic carbocycles. The molecule has 1 amide bonds. The van der Waals surface area contributed by atoms with Gasteiger partial charge in [-0.15, -0.1) is 0 Å². The lowest BCUT2D eigenvalue weighted by Gasteiger charge is -2.29. The molecule has 3 heterocycles. The van der Waals surface area contributed by atoms with Gasteiger partial charge in [0.2, 0.25) is 0 Å². The molecular weight excluding hydrogens is 396 g/mol. The Hall–Kier alpha value is -3.75. The molecule has 1 aliphatic heterocycles. The molecule has 1 aliphatic rings. The predicted octanol–water partition coefficient (Wildman–Crippen LogP) is 2.16. The Morgan fingerprint density at radius 3 is 2.71 bits per heavy atom. The molecule has 1 aromatic carbocycles. The number of aromatic nitrogens is 2. The predicted molar refractivity (Wildman–Crippen MR) is 119 cm³/mol. The van der Waals surface area contributed by atoms with Gasteiger partial charge in [-0.25, -0.2) is 9.98 Å². The molecule has 0 saturated carbocycles. The van der Waals surface area contributed by atoms with E-state index in [2.05, 4.69) is 20.7 Å². The summed E-state index contributed by atoms with van der Waals surface area (Å²) in [5.41, 5.74) is 7.13. The smallest absolute Gasteiger partial charge is 0.303 e. The molecule has 4 rings (SSSR count). The summed E-state index contributed by atoms with van der Waals surface area (Å²) in [6.07, 6.45) is 2.48. The van der Waals surface area contributed by atoms with Crippen LogP contribution >= 0.6 is 0 Å². The molecule has 0 radical (unpaired) electrons. The maximum absolute atomic E-state index is 13.0. The third-order valence-electron chi connectivity index (χ3n) is 5.16. The third kappa shape index (κ3) is 4.25. The minimum Gasteiger partial charge on any atom is -0.497 e. The Morgan fingerprint density at radius 1 is 1.19 bits per heavy atom. The highest BCUT2D eigenvalue weighted by Crippen LogP contribution is 2.19. The summed E-state index contributed by atoms with van der Waals surface area (Å²) in [6, 6.07) is 12.1. The van der Waals surface area contributed by atoms with Crippen LogP contribution in [0.4, 0.5) is 5.69 Å². The third-order valence-corrected chi connectivity index (χ3v) is 5.16. The first-order valence-electron chi connectivity index (χ1n) is 10.2. The SMILES string of the molecule is CCc1nc2cc(OC)ccn2c1C(=O)NCc1ccc(N2CCN=C(OC)N2)cc1. The summed E-state index contributed by atoms with van der Waals surface area (Å²) in [5.74, 6) is 0.552. The second-order valence-electron chi connectivity index (χ2n) is 7.06. The van der Waals surface area contributed by atoms with Gasteiger partial charge in [0, 0.05) is 18.8 Å². The van der Waals surface area contributed by atoms with Gasteiger partial charge < -0.3 is 14.8 Å². The highest BCUT2D eigenvalue weighted by molar-refractivity contribution is 5.94. The van der Waals surface area contributed by atoms with Crippen LogP contribution in [0.2, 0.25) is 0 Å². The average Bonchev–Trinajstić information content (AvgIpc) is 3.20. The van der Waals surface area contributed by atoms with Crippen molar-refractivity contribution in [2.45, 2.75) is 19.9 Å². The number of benzene rings is 1. The number of imidazole rings is 1. The second kappa shape index (κ2) is 8.95. The Labute approximate surface area is 180 Å². The van der Waals surface area contributed by atoms with Crippen LogP contribution in [0.25, 0.3) is 5.65 Å². The van der Waals surface area contributed by atoms with E-state index in [1.165, 1.54) is 0 Å². The number of nitrogens with one attached hydrogen (secondary N) is 2. The monoisotopic (exact) mass is 422 g/mol. The summed E-state index contributed by atoms with van der Waals surface area (Å²) >= 11 is 0. The fourth-order valence-electron chi connectivity index (χ4n) is 3.51. The topological polar surface area (TPSA) is 92.5 Å². The van der Waals surface area contributed by atoms with Crippen molar-refractivity contribution in [3.63, 3.8) is 0 Å². The lowest BCUT2D eigenvalue weighted by atomic mass is 10.2. The van der Waals surface area contributed by atoms with Crippen LogP contribution in [0.15, 0.2) is 47.6 Å². The molecule has 0 fully saturated rings. The number of methoxy groups -OCH3 is 2. The van der Waals surface area contributed by atoms with Gasteiger partial charge in [-0.2, -0.15) is 0 Å². The normalized spacial score (nSPS) is 13.5. The summed E-state index contributed by atoms with van der Waals surface area (Å²) in [5, 5.41) is 4.99. The number of anilines is 1. The van der Waals surface area contributed by atoms with Crippen molar-refractivity contribution in [1.29, 1.82) is 0 Å². The van der Waals surface area contributed by atoms with Gasteiger partial charge in [0.05, 0.1) is 38.7 Å². The van der Waals surface area contributed by atoms with Crippen LogP contribution in [0, 0.1) is 0 Å². The number of aliphatic imine (C=N–C) groups is 1. The van der Waals surface area contributed by atoms with E-state index in [0.717, 1.165) is 23.5 Å². The van der Waals surface area contributed by atoms with Gasteiger partial charge in [-0.1, -0.05) is 19.1 Å². The number of ether oxygens (including phenoxy) is 2. The number of amides is 1. The largest absolute Gasteiger partial charge is 0.497 e. The van der Waals surface area contributed by atoms with E-state index in [9.17, 15) is 4.79 Å². The number of hydrogen-bond acceptors (Lipinski definition) is 7. The molecule has 9 nitrogen and oxygen atoms in total. The minimum absolute atomic E-state index is 0.155. The van der Waals surface area contributed by atoms with Crippen LogP contribution in [-0.2, 0) is 17.7 Å². The molecular formula is C22H26N6O3. The number of nitrogens with zero attached hydrogens (tertiary/aromatic N) is 4. The van der Waals surface area contributed by atoms with Crippen LogP contribution in [0.1, 0.15) is 28.7 Å². The number of pyridine rings is 1. The summed E-state index contributed by atoms with van der Waals surface area (Å²) in [6.45, 7) is 3.83. The van der Waals surface area contributed by atoms with Crippen LogP contribution in [0.5, 0.6) is 5.75 Å². The first kappa shape index (κ1) is 20.5. The van der Waals surface area contributed by atoms with Gasteiger partial charge in [0.25, 0.3) is 5.91 Å². The number of carbonyl (C=O) groups is 1. The number of fused-ring (bicyclic) bond motifs is 1. The Bertz CT molecular complexity index is 1110. The fraction of sp³-hybridized carbons (Fsp3) is 0.318. The van der Waals surface area contributed by atoms with Crippen molar-refractivity contribution >= 4 is 23.3 Å². The van der Waals surface area contributed by atoms with E-state index in [1.807, 2.05) is 54.5 Å². The van der Waals surface area contributed by atoms with Crippen molar-refractivity contribution < 1.29 is 14.3 Å². The molecule has 162 valence electrons. The molecule has 31 heavy (non-hydrogen) atoms. The van der Waals surface area contributed by atoms with Crippen molar-refractivity contribution in [2.24, 2.45) is 4.99 Å². The Morgan fingerprint density at radius 2 is 2.00 bits per heavy atom. The van der Waals surface area contributed by atoms with Crippen molar-refractivity contribution in [1.82, 2.24) is 20.1 Å². The van der Waals surface area contributed by atoms with E-state index < -0.39 is 0 Å². The summed E-state index contributed by atoms with van der Waals surface area (Å²) in [4.78, 5) is 21.8. The van der Waals surface area contributed by atoms with Crippen LogP contribution < -0.4 is 20.5 Å². The molecule has 0 bridgehead atoms. The average molecular weight is 422 g/mol. The summed E-state index contributed by atoms with van der Waals surface area (Å²) < 4.78 is 12.2. The van der Waals surface area contributed by atoms with E-state index >= 15 is 0 Å². The first-order valence-corrected chi connectivity index (χ1v) is 10.2. The maximum Gasteiger partial charge on any atom is 0.303 e. The van der Waals surface area contributed by atoms with Gasteiger partial charge in [0.15, 0.2) is 0 Å². The van der Waals surface area contributed by atoms with E-state index in [1.54, 1.807) is 18.6 Å². The number of hydrazine groups is 1. The second-order valence-corrected chi connectivity index (χ2v) is 7.06. The molecule has 0 spiro atoms. The van der Waals surface area contributed by atoms with E-state index in [4.69, 9.17) is 9.47 Å². The number of hydrogen-bond donors (Lipinski definition) is 2. The van der Waals surface area contributed by atoms with Crippen LogP contribution in [0.3, 0.4) is 0 Å². The highest BCUT2D eigenvalue weighted by atomic mass is 16.5. The molecule has 2 N–H and O–H groups in total. The molecule has 9 heteroatoms. The number of carbonyl (C=O) groups excluding carboxylic acids is 1. The zero-order valence-electron chi connectivity index (χ0n) is 17.9. The molecule has 2 aromatic heterocycles. The molecule has 0 saturated heterocycles. The van der Waals surface area contributed by atoms with Crippen molar-refractivity contribution in [2.75, 3.05) is 32.3 Å². The highest BCUT2D eigenvalue weighted by Gasteiger charge is 2.19. The lowest BCUT2D eigenvalue weighted by molar-refractivity contribution is 0.0944. The number of rotatable bonds is 6. The van der Waals surface area contributed by atoms with Gasteiger partial charge >= 0.3 is 6.02 Å². The molecule has 0 atom stereocenters. The number of aryl methyl sites for hydroxylation is 1. The van der Waals surface area contributed by atoms with Crippen LogP contribution in [-0.4, -0.2) is 48.6 Å². The quantitative estimate of drug-likeness (QED) is 0.633. The zero-order valence-corrected chi connectivity index (χ0v) is 17.9. The minimum atomic E-state index is -0.155. The molecule has 0 unspecified atom stereocenters. The van der Waals surface area contributed by atoms with Gasteiger partial charge in [-0.05, 0) is 30.2 Å². The maximum atomic E-state index is 13.0. The Balaban J connectivity index is 1.45. The zero-order chi connectivity index (χ0) is 21.8. The van der Waals surface area contributed by atoms with Crippen molar-refractivity contribution in [3.05, 3.63) is 59.5 Å². The van der Waals surface area contributed by atoms with E-state index in [0.29, 0.717) is 42.6 Å². The van der Waals surface area contributed by atoms with E-state index in [-0.39, 0.29) is 5.91 Å². The van der Waals surface area contributed by atoms with Gasteiger partial charge in [-0.3, -0.25) is 19.6 Å². The summed E-state index contributed by atoms with van der Waals surface area (Å²) in [7, 11) is 3.20. The lowest BCUT2D eigenvalue weighted by Crippen LogP contribution is -2.48. The standard InChI is InChI=1S/C22H26N6O3/c1-4-18-20(27-11-9-17(30-2)13-19(27)25-18)21(29)24-14-15-5-7-16(8-6-15)28-12-10-23-22(26-28)31-3/h5-9,11,13H,4,10,12,14H2,1-3H3,(H,23,26)(H,24,29). The first-order chi connectivity index (χ1) is 15.1. The van der Waals surface area contributed by atoms with Gasteiger partial charge in [0.1, 0.15) is 17.1 Å². The fourth-order valence-corrected chi connectivity index (χ4v) is 3.51. The van der Waals surface area contributed by atoms with Crippen molar-refractivity contribution in [3.8, 4) is 5.75 Å². The molecule has 3 aromatic rings.